The topological polar surface area (TPSA) is 26.0 Å². The lowest BCUT2D eigenvalue weighted by atomic mass is 9.48. The van der Waals surface area contributed by atoms with Crippen molar-refractivity contribution in [3.63, 3.8) is 0 Å². The summed E-state index contributed by atoms with van der Waals surface area (Å²) < 4.78 is 14.3. The summed E-state index contributed by atoms with van der Waals surface area (Å²) in [4.78, 5) is 0. The lowest BCUT2D eigenvalue weighted by Crippen LogP contribution is -2.65. The number of nitrogens with two attached hydrogens (primary N) is 1. The molecule has 4 saturated carbocycles. The first-order chi connectivity index (χ1) is 6.56. The second-order valence-corrected chi connectivity index (χ2v) is 5.70. The van der Waals surface area contributed by atoms with Gasteiger partial charge in [-0.2, -0.15) is 0 Å². The van der Waals surface area contributed by atoms with Gasteiger partial charge in [-0.1, -0.05) is 6.08 Å². The SMILES string of the molecule is C=C[C@]1(N)[C@@H]2C[C@@H]3C[C@H]1C[C@@](F)(C3)C2. The van der Waals surface area contributed by atoms with Crippen LogP contribution in [0.4, 0.5) is 4.39 Å². The second kappa shape index (κ2) is 2.41. The van der Waals surface area contributed by atoms with Gasteiger partial charge < -0.3 is 5.73 Å². The predicted octanol–water partition coefficient (Wildman–Crippen LogP) is 2.42. The Balaban J connectivity index is 2.00. The molecule has 1 nitrogen and oxygen atoms in total. The Morgan fingerprint density at radius 1 is 1.21 bits per heavy atom. The van der Waals surface area contributed by atoms with Crippen molar-refractivity contribution in [2.45, 2.75) is 43.3 Å². The molecule has 0 aliphatic heterocycles. The van der Waals surface area contributed by atoms with Crippen LogP contribution in [0.25, 0.3) is 0 Å². The van der Waals surface area contributed by atoms with Crippen LogP contribution in [0.1, 0.15) is 32.1 Å². The highest BCUT2D eigenvalue weighted by Gasteiger charge is 2.60. The summed E-state index contributed by atoms with van der Waals surface area (Å²) in [5.74, 6) is 1.32. The summed E-state index contributed by atoms with van der Waals surface area (Å²) in [5.41, 5.74) is 5.23. The van der Waals surface area contributed by atoms with Crippen LogP contribution in [-0.4, -0.2) is 11.2 Å². The molecule has 0 saturated heterocycles. The number of hydrogen-bond donors (Lipinski definition) is 1. The van der Waals surface area contributed by atoms with Crippen LogP contribution < -0.4 is 5.73 Å². The van der Waals surface area contributed by atoms with Gasteiger partial charge in [-0.05, 0) is 49.9 Å². The van der Waals surface area contributed by atoms with Crippen molar-refractivity contribution in [2.24, 2.45) is 23.5 Å². The van der Waals surface area contributed by atoms with E-state index in [2.05, 4.69) is 6.58 Å². The molecule has 0 aromatic carbocycles. The van der Waals surface area contributed by atoms with Gasteiger partial charge in [0, 0.05) is 5.54 Å². The lowest BCUT2D eigenvalue weighted by molar-refractivity contribution is -0.106. The van der Waals surface area contributed by atoms with Crippen molar-refractivity contribution in [3.8, 4) is 0 Å². The Morgan fingerprint density at radius 3 is 2.21 bits per heavy atom. The Hall–Kier alpha value is -0.370. The highest BCUT2D eigenvalue weighted by molar-refractivity contribution is 5.20. The molecule has 5 atom stereocenters. The Kier molecular flexibility index (Phi) is 1.53. The molecule has 4 aliphatic rings. The largest absolute Gasteiger partial charge is 0.321 e. The highest BCUT2D eigenvalue weighted by atomic mass is 19.1. The van der Waals surface area contributed by atoms with E-state index in [0.29, 0.717) is 30.6 Å². The number of alkyl halides is 1. The van der Waals surface area contributed by atoms with E-state index in [1.165, 1.54) is 0 Å². The van der Waals surface area contributed by atoms with Gasteiger partial charge in [0.15, 0.2) is 0 Å². The maximum Gasteiger partial charge on any atom is 0.112 e. The minimum atomic E-state index is -0.873. The molecular weight excluding hydrogens is 177 g/mol. The molecule has 2 N–H and O–H groups in total. The molecule has 4 fully saturated rings. The van der Waals surface area contributed by atoms with Crippen LogP contribution in [0.5, 0.6) is 0 Å². The third-order valence-corrected chi connectivity index (χ3v) is 4.88. The van der Waals surface area contributed by atoms with E-state index in [1.807, 2.05) is 6.08 Å². The van der Waals surface area contributed by atoms with E-state index in [1.54, 1.807) is 0 Å². The van der Waals surface area contributed by atoms with E-state index in [-0.39, 0.29) is 5.54 Å². The minimum absolute atomic E-state index is 0.257. The number of hydrogen-bond acceptors (Lipinski definition) is 1. The Bertz CT molecular complexity index is 270. The molecule has 0 heterocycles. The Morgan fingerprint density at radius 2 is 1.79 bits per heavy atom. The molecule has 0 radical (unpaired) electrons. The second-order valence-electron chi connectivity index (χ2n) is 5.70. The highest BCUT2D eigenvalue weighted by Crippen LogP contribution is 2.60. The zero-order chi connectivity index (χ0) is 9.97. The molecule has 78 valence electrons. The van der Waals surface area contributed by atoms with Crippen molar-refractivity contribution in [1.82, 2.24) is 0 Å². The van der Waals surface area contributed by atoms with Gasteiger partial charge in [0.2, 0.25) is 0 Å². The molecule has 14 heavy (non-hydrogen) atoms. The van der Waals surface area contributed by atoms with Crippen LogP contribution in [0.2, 0.25) is 0 Å². The van der Waals surface area contributed by atoms with Crippen molar-refractivity contribution in [3.05, 3.63) is 12.7 Å². The summed E-state index contributed by atoms with van der Waals surface area (Å²) in [6.45, 7) is 3.85. The smallest absolute Gasteiger partial charge is 0.112 e. The van der Waals surface area contributed by atoms with E-state index in [9.17, 15) is 4.39 Å². The van der Waals surface area contributed by atoms with Crippen LogP contribution in [0, 0.1) is 17.8 Å². The number of rotatable bonds is 1. The third kappa shape index (κ3) is 0.928. The van der Waals surface area contributed by atoms with E-state index in [0.717, 1.165) is 19.3 Å². The fourth-order valence-electron chi connectivity index (χ4n) is 4.31. The quantitative estimate of drug-likeness (QED) is 0.639. The first-order valence-electron chi connectivity index (χ1n) is 5.67. The predicted molar refractivity (Wildman–Crippen MR) is 54.5 cm³/mol. The molecule has 0 aromatic heterocycles. The summed E-state index contributed by atoms with van der Waals surface area (Å²) in [6, 6.07) is 0. The van der Waals surface area contributed by atoms with Crippen molar-refractivity contribution in [2.75, 3.05) is 0 Å². The zero-order valence-electron chi connectivity index (χ0n) is 8.51. The third-order valence-electron chi connectivity index (χ3n) is 4.88. The zero-order valence-corrected chi connectivity index (χ0v) is 8.51. The van der Waals surface area contributed by atoms with Gasteiger partial charge in [0.1, 0.15) is 5.67 Å². The van der Waals surface area contributed by atoms with E-state index < -0.39 is 5.67 Å². The monoisotopic (exact) mass is 195 g/mol. The normalized spacial score (nSPS) is 60.3. The van der Waals surface area contributed by atoms with Crippen LogP contribution in [0.15, 0.2) is 12.7 Å². The van der Waals surface area contributed by atoms with Crippen molar-refractivity contribution >= 4 is 0 Å². The fraction of sp³-hybridized carbons (Fsp3) is 0.833. The molecule has 0 aromatic rings. The molecule has 0 unspecified atom stereocenters. The van der Waals surface area contributed by atoms with Crippen molar-refractivity contribution in [1.29, 1.82) is 0 Å². The van der Waals surface area contributed by atoms with Crippen LogP contribution in [0.3, 0.4) is 0 Å². The Labute approximate surface area is 84.6 Å². The standard InChI is InChI=1S/C12H18FN/c1-2-12(14)9-3-8-4-10(12)7-11(13,5-8)6-9/h2,8-10H,1,3-7,14H2/t8-,9-,10+,11-,12+. The number of halogens is 1. The van der Waals surface area contributed by atoms with E-state index >= 15 is 0 Å². The molecule has 4 rings (SSSR count). The van der Waals surface area contributed by atoms with Gasteiger partial charge in [0.25, 0.3) is 0 Å². The maximum absolute atomic E-state index is 14.3. The van der Waals surface area contributed by atoms with Gasteiger partial charge in [0.05, 0.1) is 0 Å². The molecular formula is C12H18FN. The van der Waals surface area contributed by atoms with Crippen LogP contribution >= 0.6 is 0 Å². The molecule has 2 heteroatoms. The summed E-state index contributed by atoms with van der Waals surface area (Å²) in [7, 11) is 0. The van der Waals surface area contributed by atoms with Gasteiger partial charge in [-0.25, -0.2) is 4.39 Å². The lowest BCUT2D eigenvalue weighted by Gasteiger charge is -2.60. The average molecular weight is 195 g/mol. The van der Waals surface area contributed by atoms with Gasteiger partial charge in [-0.3, -0.25) is 0 Å². The first-order valence-corrected chi connectivity index (χ1v) is 5.67. The average Bonchev–Trinajstić information content (AvgIpc) is 2.11. The molecule has 0 spiro atoms. The fourth-order valence-corrected chi connectivity index (χ4v) is 4.31. The van der Waals surface area contributed by atoms with Crippen molar-refractivity contribution < 1.29 is 4.39 Å². The summed E-state index contributed by atoms with van der Waals surface area (Å²) in [5, 5.41) is 0. The molecule has 4 bridgehead atoms. The van der Waals surface area contributed by atoms with E-state index in [4.69, 9.17) is 5.73 Å². The summed E-state index contributed by atoms with van der Waals surface area (Å²) >= 11 is 0. The molecule has 4 aliphatic carbocycles. The summed E-state index contributed by atoms with van der Waals surface area (Å²) in [6.07, 6.45) is 6.32. The van der Waals surface area contributed by atoms with Gasteiger partial charge >= 0.3 is 0 Å². The van der Waals surface area contributed by atoms with Crippen LogP contribution in [-0.2, 0) is 0 Å². The first kappa shape index (κ1) is 8.90. The van der Waals surface area contributed by atoms with Gasteiger partial charge in [-0.15, -0.1) is 6.58 Å². The minimum Gasteiger partial charge on any atom is -0.321 e. The molecule has 0 amide bonds. The maximum atomic E-state index is 14.3.